The second-order valence-corrected chi connectivity index (χ2v) is 5.18. The third kappa shape index (κ3) is 2.59. The smallest absolute Gasteiger partial charge is 0.271 e. The van der Waals surface area contributed by atoms with Gasteiger partial charge in [-0.3, -0.25) is 4.79 Å². The van der Waals surface area contributed by atoms with Crippen molar-refractivity contribution in [3.8, 4) is 0 Å². The van der Waals surface area contributed by atoms with E-state index in [9.17, 15) is 4.79 Å². The van der Waals surface area contributed by atoms with E-state index in [-0.39, 0.29) is 17.9 Å². The van der Waals surface area contributed by atoms with Gasteiger partial charge in [-0.25, -0.2) is 9.97 Å². The summed E-state index contributed by atoms with van der Waals surface area (Å²) in [6.07, 6.45) is 3.61. The van der Waals surface area contributed by atoms with Crippen molar-refractivity contribution in [1.29, 1.82) is 0 Å². The van der Waals surface area contributed by atoms with Crippen molar-refractivity contribution in [3.63, 3.8) is 0 Å². The minimum atomic E-state index is -0.155. The average molecular weight is 264 g/mol. The number of aromatic nitrogens is 3. The lowest BCUT2D eigenvalue weighted by Gasteiger charge is -2.21. The zero-order valence-corrected chi connectivity index (χ0v) is 11.4. The normalized spacial score (nSPS) is 12.7. The fourth-order valence-corrected chi connectivity index (χ4v) is 2.28. The number of hydrogen-bond donors (Lipinski definition) is 1. The Bertz CT molecular complexity index is 518. The second-order valence-electron chi connectivity index (χ2n) is 4.47. The highest BCUT2D eigenvalue weighted by atomic mass is 32.1. The van der Waals surface area contributed by atoms with Crippen LogP contribution in [0.15, 0.2) is 23.3 Å². The number of nitrogens with one attached hydrogen (secondary N) is 1. The second kappa shape index (κ2) is 5.30. The summed E-state index contributed by atoms with van der Waals surface area (Å²) in [6, 6.07) is -0.112. The number of rotatable bonds is 4. The van der Waals surface area contributed by atoms with Gasteiger partial charge in [0.1, 0.15) is 11.5 Å². The zero-order chi connectivity index (χ0) is 13.1. The molecule has 0 aliphatic rings. The predicted molar refractivity (Wildman–Crippen MR) is 70.4 cm³/mol. The molecule has 0 bridgehead atoms. The van der Waals surface area contributed by atoms with Gasteiger partial charge < -0.3 is 9.88 Å². The lowest BCUT2D eigenvalue weighted by atomic mass is 10.0. The quantitative estimate of drug-likeness (QED) is 0.919. The molecule has 6 heteroatoms. The SMILES string of the molecule is CC(C)C(NC(=O)c1cscn1)c1nccn1C. The monoisotopic (exact) mass is 264 g/mol. The van der Waals surface area contributed by atoms with Crippen LogP contribution in [0.2, 0.25) is 0 Å². The van der Waals surface area contributed by atoms with Crippen LogP contribution in [0, 0.1) is 5.92 Å². The van der Waals surface area contributed by atoms with Crippen LogP contribution in [0.3, 0.4) is 0 Å². The van der Waals surface area contributed by atoms with E-state index in [0.29, 0.717) is 5.69 Å². The highest BCUT2D eigenvalue weighted by Crippen LogP contribution is 2.20. The third-order valence-electron chi connectivity index (χ3n) is 2.75. The van der Waals surface area contributed by atoms with Crippen molar-refractivity contribution in [2.45, 2.75) is 19.9 Å². The van der Waals surface area contributed by atoms with Crippen molar-refractivity contribution < 1.29 is 4.79 Å². The van der Waals surface area contributed by atoms with Crippen LogP contribution in [-0.4, -0.2) is 20.4 Å². The molecule has 18 heavy (non-hydrogen) atoms. The zero-order valence-electron chi connectivity index (χ0n) is 10.6. The Kier molecular flexibility index (Phi) is 3.76. The molecule has 0 aromatic carbocycles. The number of amides is 1. The molecule has 96 valence electrons. The van der Waals surface area contributed by atoms with E-state index in [0.717, 1.165) is 5.82 Å². The molecule has 1 amide bonds. The van der Waals surface area contributed by atoms with Gasteiger partial charge in [0.15, 0.2) is 0 Å². The summed E-state index contributed by atoms with van der Waals surface area (Å²) >= 11 is 1.41. The van der Waals surface area contributed by atoms with E-state index in [2.05, 4.69) is 29.1 Å². The molecule has 2 heterocycles. The molecule has 2 rings (SSSR count). The van der Waals surface area contributed by atoms with Gasteiger partial charge in [0.05, 0.1) is 11.6 Å². The molecular weight excluding hydrogens is 248 g/mol. The maximum atomic E-state index is 12.0. The van der Waals surface area contributed by atoms with Crippen LogP contribution in [0.25, 0.3) is 0 Å². The van der Waals surface area contributed by atoms with E-state index in [1.165, 1.54) is 11.3 Å². The summed E-state index contributed by atoms with van der Waals surface area (Å²) < 4.78 is 1.92. The van der Waals surface area contributed by atoms with Crippen molar-refractivity contribution in [1.82, 2.24) is 19.9 Å². The fraction of sp³-hybridized carbons (Fsp3) is 0.417. The molecule has 2 aromatic rings. The number of thiazole rings is 1. The molecule has 1 unspecified atom stereocenters. The first-order valence-electron chi connectivity index (χ1n) is 5.76. The third-order valence-corrected chi connectivity index (χ3v) is 3.34. The topological polar surface area (TPSA) is 59.8 Å². The number of imidazole rings is 1. The van der Waals surface area contributed by atoms with Crippen LogP contribution >= 0.6 is 11.3 Å². The van der Waals surface area contributed by atoms with Crippen molar-refractivity contribution in [2.24, 2.45) is 13.0 Å². The van der Waals surface area contributed by atoms with Gasteiger partial charge >= 0.3 is 0 Å². The summed E-state index contributed by atoms with van der Waals surface area (Å²) in [6.45, 7) is 4.11. The Morgan fingerprint density at radius 3 is 2.72 bits per heavy atom. The lowest BCUT2D eigenvalue weighted by molar-refractivity contribution is 0.0918. The first-order valence-corrected chi connectivity index (χ1v) is 6.70. The Morgan fingerprint density at radius 2 is 2.22 bits per heavy atom. The van der Waals surface area contributed by atoms with E-state index < -0.39 is 0 Å². The van der Waals surface area contributed by atoms with Gasteiger partial charge in [0, 0.05) is 24.8 Å². The molecule has 0 saturated carbocycles. The van der Waals surface area contributed by atoms with Gasteiger partial charge in [0.25, 0.3) is 5.91 Å². The average Bonchev–Trinajstić information content (AvgIpc) is 2.96. The molecule has 1 atom stereocenters. The molecule has 0 fully saturated rings. The molecular formula is C12H16N4OS. The van der Waals surface area contributed by atoms with Crippen LogP contribution in [-0.2, 0) is 7.05 Å². The fourth-order valence-electron chi connectivity index (χ4n) is 1.75. The first-order chi connectivity index (χ1) is 8.59. The lowest BCUT2D eigenvalue weighted by Crippen LogP contribution is -2.33. The molecule has 2 aromatic heterocycles. The van der Waals surface area contributed by atoms with E-state index >= 15 is 0 Å². The summed E-state index contributed by atoms with van der Waals surface area (Å²) in [4.78, 5) is 20.3. The van der Waals surface area contributed by atoms with E-state index in [4.69, 9.17) is 0 Å². The van der Waals surface area contributed by atoms with E-state index in [1.54, 1.807) is 17.1 Å². The Balaban J connectivity index is 2.18. The molecule has 0 radical (unpaired) electrons. The molecule has 1 N–H and O–H groups in total. The van der Waals surface area contributed by atoms with Gasteiger partial charge in [-0.15, -0.1) is 11.3 Å². The van der Waals surface area contributed by atoms with Crippen LogP contribution < -0.4 is 5.32 Å². The standard InChI is InChI=1S/C12H16N4OS/c1-8(2)10(11-13-4-5-16(11)3)15-12(17)9-6-18-7-14-9/h4-8,10H,1-3H3,(H,15,17). The molecule has 0 aliphatic carbocycles. The summed E-state index contributed by atoms with van der Waals surface area (Å²) in [5, 5.41) is 4.73. The molecule has 0 saturated heterocycles. The summed E-state index contributed by atoms with van der Waals surface area (Å²) in [5.74, 6) is 0.959. The minimum Gasteiger partial charge on any atom is -0.340 e. The van der Waals surface area contributed by atoms with Crippen LogP contribution in [0.4, 0.5) is 0 Å². The Labute approximate surface area is 110 Å². The predicted octanol–water partition coefficient (Wildman–Crippen LogP) is 2.00. The van der Waals surface area contributed by atoms with Gasteiger partial charge in [-0.05, 0) is 5.92 Å². The van der Waals surface area contributed by atoms with Crippen molar-refractivity contribution >= 4 is 17.2 Å². The Hall–Kier alpha value is -1.69. The highest BCUT2D eigenvalue weighted by Gasteiger charge is 2.23. The van der Waals surface area contributed by atoms with Crippen molar-refractivity contribution in [3.05, 3.63) is 34.8 Å². The summed E-state index contributed by atoms with van der Waals surface area (Å²) in [7, 11) is 1.92. The van der Waals surface area contributed by atoms with Crippen LogP contribution in [0.1, 0.15) is 36.2 Å². The molecule has 5 nitrogen and oxygen atoms in total. The maximum absolute atomic E-state index is 12.0. The maximum Gasteiger partial charge on any atom is 0.271 e. The van der Waals surface area contributed by atoms with Gasteiger partial charge in [0.2, 0.25) is 0 Å². The minimum absolute atomic E-state index is 0.112. The Morgan fingerprint density at radius 1 is 1.44 bits per heavy atom. The highest BCUT2D eigenvalue weighted by molar-refractivity contribution is 7.07. The molecule has 0 spiro atoms. The number of hydrogen-bond acceptors (Lipinski definition) is 4. The van der Waals surface area contributed by atoms with Gasteiger partial charge in [-0.1, -0.05) is 13.8 Å². The first kappa shape index (κ1) is 12.8. The number of carbonyl (C=O) groups excluding carboxylic acids is 1. The number of aryl methyl sites for hydroxylation is 1. The molecule has 0 aliphatic heterocycles. The number of carbonyl (C=O) groups is 1. The largest absolute Gasteiger partial charge is 0.340 e. The van der Waals surface area contributed by atoms with Crippen molar-refractivity contribution in [2.75, 3.05) is 0 Å². The van der Waals surface area contributed by atoms with Crippen LogP contribution in [0.5, 0.6) is 0 Å². The van der Waals surface area contributed by atoms with E-state index in [1.807, 2.05) is 17.8 Å². The van der Waals surface area contributed by atoms with Gasteiger partial charge in [-0.2, -0.15) is 0 Å². The summed E-state index contributed by atoms with van der Waals surface area (Å²) in [5.41, 5.74) is 2.11. The number of nitrogens with zero attached hydrogens (tertiary/aromatic N) is 3.